The summed E-state index contributed by atoms with van der Waals surface area (Å²) in [5.41, 5.74) is 0. The maximum Gasteiger partial charge on any atom is 0.451 e. The number of hydrogen-bond donors (Lipinski definition) is 1. The van der Waals surface area contributed by atoms with Gasteiger partial charge in [0, 0.05) is 44.1 Å². The summed E-state index contributed by atoms with van der Waals surface area (Å²) in [6.45, 7) is 4.13. The first-order valence-corrected chi connectivity index (χ1v) is 12.3. The average Bonchev–Trinajstić information content (AvgIpc) is 3.46. The van der Waals surface area contributed by atoms with Gasteiger partial charge in [-0.15, -0.1) is 21.5 Å². The quantitative estimate of drug-likeness (QED) is 0.556. The number of aryl methyl sites for hydroxylation is 1. The summed E-state index contributed by atoms with van der Waals surface area (Å²) in [6, 6.07) is 2.07. The molecule has 188 valence electrons. The second-order valence-corrected chi connectivity index (χ2v) is 9.68. The van der Waals surface area contributed by atoms with Crippen LogP contribution in [0.5, 0.6) is 0 Å². The highest BCUT2D eigenvalue weighted by Gasteiger charge is 2.40. The van der Waals surface area contributed by atoms with Gasteiger partial charge in [0.1, 0.15) is 17.3 Å². The Kier molecular flexibility index (Phi) is 6.25. The molecule has 3 aromatic heterocycles. The van der Waals surface area contributed by atoms with Crippen LogP contribution in [0.3, 0.4) is 0 Å². The Morgan fingerprint density at radius 1 is 1.09 bits per heavy atom. The van der Waals surface area contributed by atoms with Crippen LogP contribution < -0.4 is 9.80 Å². The van der Waals surface area contributed by atoms with Crippen LogP contribution in [0.4, 0.5) is 24.9 Å². The van der Waals surface area contributed by atoms with Gasteiger partial charge in [-0.3, -0.25) is 4.79 Å². The van der Waals surface area contributed by atoms with Crippen LogP contribution in [0, 0.1) is 0 Å². The standard InChI is InChI=1S/C21H25F3N8O2S/c1-2-3-13-10-14-17(31-8-9-32-15(11-31)27-28-19(32)21(22,23)24)25-20(26-18(14)35-13)30-6-4-29(5-7-30)16(34)12-33/h10,33H,2-9,11-12H2,1H3. The molecule has 35 heavy (non-hydrogen) atoms. The molecule has 3 aromatic rings. The summed E-state index contributed by atoms with van der Waals surface area (Å²) in [7, 11) is 0. The van der Waals surface area contributed by atoms with Gasteiger partial charge < -0.3 is 24.4 Å². The highest BCUT2D eigenvalue weighted by atomic mass is 32.1. The molecule has 0 aromatic carbocycles. The molecule has 1 fully saturated rings. The number of aromatic nitrogens is 5. The summed E-state index contributed by atoms with van der Waals surface area (Å²) in [6.07, 6.45) is -2.66. The van der Waals surface area contributed by atoms with Gasteiger partial charge in [0.2, 0.25) is 17.7 Å². The number of piperazine rings is 1. The second-order valence-electron chi connectivity index (χ2n) is 8.57. The van der Waals surface area contributed by atoms with Gasteiger partial charge in [0.15, 0.2) is 5.82 Å². The SMILES string of the molecule is CCCc1cc2c(N3CCn4c(nnc4C(F)(F)F)C3)nc(N3CCN(C(=O)CO)CC3)nc2s1. The van der Waals surface area contributed by atoms with Crippen LogP contribution in [0.25, 0.3) is 10.2 Å². The van der Waals surface area contributed by atoms with E-state index in [-0.39, 0.29) is 24.8 Å². The third-order valence-electron chi connectivity index (χ3n) is 6.27. The molecule has 14 heteroatoms. The van der Waals surface area contributed by atoms with E-state index in [1.54, 1.807) is 16.2 Å². The predicted molar refractivity (Wildman–Crippen MR) is 123 cm³/mol. The van der Waals surface area contributed by atoms with E-state index >= 15 is 0 Å². The van der Waals surface area contributed by atoms with E-state index in [4.69, 9.17) is 15.1 Å². The fourth-order valence-electron chi connectivity index (χ4n) is 4.50. The van der Waals surface area contributed by atoms with Crippen molar-refractivity contribution < 1.29 is 23.1 Å². The number of nitrogens with zero attached hydrogens (tertiary/aromatic N) is 8. The van der Waals surface area contributed by atoms with Crippen LogP contribution in [-0.4, -0.2) is 80.0 Å². The highest BCUT2D eigenvalue weighted by Crippen LogP contribution is 2.36. The zero-order chi connectivity index (χ0) is 24.7. The van der Waals surface area contributed by atoms with Crippen molar-refractivity contribution in [3.05, 3.63) is 22.6 Å². The van der Waals surface area contributed by atoms with Crippen molar-refractivity contribution in [3.63, 3.8) is 0 Å². The summed E-state index contributed by atoms with van der Waals surface area (Å²) < 4.78 is 40.9. The van der Waals surface area contributed by atoms with Crippen molar-refractivity contribution in [2.24, 2.45) is 0 Å². The third kappa shape index (κ3) is 4.51. The van der Waals surface area contributed by atoms with Crippen LogP contribution >= 0.6 is 11.3 Å². The Bertz CT molecular complexity index is 1240. The minimum atomic E-state index is -4.55. The van der Waals surface area contributed by atoms with Crippen LogP contribution in [0.15, 0.2) is 6.07 Å². The zero-order valence-electron chi connectivity index (χ0n) is 19.1. The fourth-order valence-corrected chi connectivity index (χ4v) is 5.62. The van der Waals surface area contributed by atoms with Crippen molar-refractivity contribution in [2.75, 3.05) is 49.1 Å². The van der Waals surface area contributed by atoms with E-state index in [9.17, 15) is 18.0 Å². The molecule has 0 radical (unpaired) electrons. The molecule has 2 aliphatic heterocycles. The Morgan fingerprint density at radius 2 is 1.83 bits per heavy atom. The largest absolute Gasteiger partial charge is 0.451 e. The van der Waals surface area contributed by atoms with Gasteiger partial charge in [-0.25, -0.2) is 4.98 Å². The molecule has 0 unspecified atom stereocenters. The molecular weight excluding hydrogens is 485 g/mol. The van der Waals surface area contributed by atoms with Crippen molar-refractivity contribution in [3.8, 4) is 0 Å². The number of fused-ring (bicyclic) bond motifs is 2. The molecule has 0 bridgehead atoms. The third-order valence-corrected chi connectivity index (χ3v) is 7.35. The Hall–Kier alpha value is -3.00. The lowest BCUT2D eigenvalue weighted by Gasteiger charge is -2.35. The molecule has 5 rings (SSSR count). The molecule has 1 N–H and O–H groups in total. The van der Waals surface area contributed by atoms with Gasteiger partial charge in [-0.1, -0.05) is 13.3 Å². The monoisotopic (exact) mass is 510 g/mol. The number of hydrogen-bond acceptors (Lipinski definition) is 9. The smallest absolute Gasteiger partial charge is 0.387 e. The summed E-state index contributed by atoms with van der Waals surface area (Å²) in [5, 5.41) is 17.2. The highest BCUT2D eigenvalue weighted by molar-refractivity contribution is 7.18. The number of carbonyl (C=O) groups is 1. The summed E-state index contributed by atoms with van der Waals surface area (Å²) in [4.78, 5) is 29.0. The van der Waals surface area contributed by atoms with E-state index in [1.165, 1.54) is 4.88 Å². The Labute approximate surface area is 203 Å². The number of aliphatic hydroxyl groups is 1. The van der Waals surface area contributed by atoms with Crippen molar-refractivity contribution in [2.45, 2.75) is 39.0 Å². The van der Waals surface area contributed by atoms with Crippen LogP contribution in [-0.2, 0) is 30.5 Å². The number of aliphatic hydroxyl groups excluding tert-OH is 1. The lowest BCUT2D eigenvalue weighted by molar-refractivity contribution is -0.147. The van der Waals surface area contributed by atoms with Crippen molar-refractivity contribution in [1.82, 2.24) is 29.6 Å². The number of anilines is 2. The number of alkyl halides is 3. The van der Waals surface area contributed by atoms with E-state index in [2.05, 4.69) is 23.2 Å². The Balaban J connectivity index is 1.47. The zero-order valence-corrected chi connectivity index (χ0v) is 19.9. The van der Waals surface area contributed by atoms with Gasteiger partial charge in [-0.05, 0) is 12.5 Å². The first-order chi connectivity index (χ1) is 16.8. The normalized spacial score (nSPS) is 16.8. The van der Waals surface area contributed by atoms with Crippen LogP contribution in [0.1, 0.15) is 29.9 Å². The first-order valence-electron chi connectivity index (χ1n) is 11.5. The van der Waals surface area contributed by atoms with E-state index in [0.717, 1.165) is 27.6 Å². The number of carbonyl (C=O) groups excluding carboxylic acids is 1. The molecule has 10 nitrogen and oxygen atoms in total. The predicted octanol–water partition coefficient (Wildman–Crippen LogP) is 1.92. The first kappa shape index (κ1) is 23.7. The van der Waals surface area contributed by atoms with Gasteiger partial charge >= 0.3 is 6.18 Å². The van der Waals surface area contributed by atoms with Gasteiger partial charge in [0.25, 0.3) is 0 Å². The topological polar surface area (TPSA) is 104 Å². The van der Waals surface area contributed by atoms with Gasteiger partial charge in [0.05, 0.1) is 11.9 Å². The summed E-state index contributed by atoms with van der Waals surface area (Å²) in [5.74, 6) is 0.158. The molecule has 0 saturated carbocycles. The lowest BCUT2D eigenvalue weighted by Crippen LogP contribution is -2.50. The van der Waals surface area contributed by atoms with E-state index in [0.29, 0.717) is 44.5 Å². The molecular formula is C21H25F3N8O2S. The average molecular weight is 511 g/mol. The van der Waals surface area contributed by atoms with Crippen molar-refractivity contribution in [1.29, 1.82) is 0 Å². The van der Waals surface area contributed by atoms with E-state index in [1.807, 2.05) is 9.80 Å². The molecule has 5 heterocycles. The summed E-state index contributed by atoms with van der Waals surface area (Å²) >= 11 is 1.60. The number of halogens is 3. The molecule has 0 spiro atoms. The van der Waals surface area contributed by atoms with Gasteiger partial charge in [-0.2, -0.15) is 18.2 Å². The second kappa shape index (κ2) is 9.22. The lowest BCUT2D eigenvalue weighted by atomic mass is 10.2. The minimum Gasteiger partial charge on any atom is -0.387 e. The molecule has 0 aliphatic carbocycles. The molecule has 1 saturated heterocycles. The number of thiophene rings is 1. The number of rotatable bonds is 5. The van der Waals surface area contributed by atoms with Crippen molar-refractivity contribution >= 4 is 39.2 Å². The molecule has 0 atom stereocenters. The fraction of sp³-hybridized carbons (Fsp3) is 0.571. The molecule has 2 aliphatic rings. The van der Waals surface area contributed by atoms with E-state index < -0.39 is 18.6 Å². The number of amides is 1. The Morgan fingerprint density at radius 3 is 2.51 bits per heavy atom. The maximum absolute atomic E-state index is 13.3. The van der Waals surface area contributed by atoms with Crippen LogP contribution in [0.2, 0.25) is 0 Å². The molecule has 1 amide bonds. The maximum atomic E-state index is 13.3. The minimum absolute atomic E-state index is 0.103.